The van der Waals surface area contributed by atoms with Crippen molar-refractivity contribution in [2.24, 2.45) is 0 Å². The summed E-state index contributed by atoms with van der Waals surface area (Å²) < 4.78 is 0. The van der Waals surface area contributed by atoms with Crippen LogP contribution in [0.1, 0.15) is 18.4 Å². The number of hydrogen-bond acceptors (Lipinski definition) is 3. The molecule has 2 rings (SSSR count). The lowest BCUT2D eigenvalue weighted by atomic mass is 10.1. The van der Waals surface area contributed by atoms with Crippen molar-refractivity contribution in [1.29, 1.82) is 0 Å². The van der Waals surface area contributed by atoms with Crippen LogP contribution in [-0.2, 0) is 16.0 Å². The molecule has 0 bridgehead atoms. The molecule has 0 saturated carbocycles. The number of aliphatic hydroxyl groups is 1. The fourth-order valence-electron chi connectivity index (χ4n) is 1.80. The van der Waals surface area contributed by atoms with Crippen LogP contribution in [0.25, 0.3) is 0 Å². The van der Waals surface area contributed by atoms with Crippen LogP contribution < -0.4 is 10.6 Å². The maximum atomic E-state index is 11.5. The van der Waals surface area contributed by atoms with Crippen LogP contribution in [0, 0.1) is 0 Å². The van der Waals surface area contributed by atoms with E-state index < -0.39 is 0 Å². The Bertz CT molecular complexity index is 502. The number of carbonyl (C=O) groups is 2. The SMILES string of the molecule is O=C(CCCO)Nc1cc2c(cc1Cl)NC(=O)C2. The first-order valence-electron chi connectivity index (χ1n) is 5.63. The van der Waals surface area contributed by atoms with E-state index in [9.17, 15) is 9.59 Å². The summed E-state index contributed by atoms with van der Waals surface area (Å²) in [5, 5.41) is 14.4. The van der Waals surface area contributed by atoms with Gasteiger partial charge < -0.3 is 15.7 Å². The van der Waals surface area contributed by atoms with Gasteiger partial charge in [0.2, 0.25) is 11.8 Å². The summed E-state index contributed by atoms with van der Waals surface area (Å²) in [6.45, 7) is -0.0240. The van der Waals surface area contributed by atoms with Crippen LogP contribution in [-0.4, -0.2) is 23.5 Å². The molecule has 0 aromatic heterocycles. The number of nitrogens with one attached hydrogen (secondary N) is 2. The zero-order valence-electron chi connectivity index (χ0n) is 9.62. The molecule has 2 amide bonds. The van der Waals surface area contributed by atoms with Gasteiger partial charge in [-0.25, -0.2) is 0 Å². The summed E-state index contributed by atoms with van der Waals surface area (Å²) in [5.41, 5.74) is 2.01. The van der Waals surface area contributed by atoms with Crippen molar-refractivity contribution in [2.45, 2.75) is 19.3 Å². The van der Waals surface area contributed by atoms with Gasteiger partial charge in [-0.3, -0.25) is 9.59 Å². The molecule has 0 unspecified atom stereocenters. The number of halogens is 1. The molecule has 0 spiro atoms. The lowest BCUT2D eigenvalue weighted by Gasteiger charge is -2.09. The highest BCUT2D eigenvalue weighted by atomic mass is 35.5. The van der Waals surface area contributed by atoms with E-state index in [1.54, 1.807) is 12.1 Å². The molecule has 18 heavy (non-hydrogen) atoms. The van der Waals surface area contributed by atoms with Crippen LogP contribution in [0.5, 0.6) is 0 Å². The van der Waals surface area contributed by atoms with Gasteiger partial charge in [0.15, 0.2) is 0 Å². The number of carbonyl (C=O) groups excluding carboxylic acids is 2. The normalized spacial score (nSPS) is 13.1. The van der Waals surface area contributed by atoms with Crippen molar-refractivity contribution < 1.29 is 14.7 Å². The maximum Gasteiger partial charge on any atom is 0.228 e. The largest absolute Gasteiger partial charge is 0.396 e. The lowest BCUT2D eigenvalue weighted by molar-refractivity contribution is -0.116. The molecule has 0 aliphatic carbocycles. The van der Waals surface area contributed by atoms with E-state index in [0.717, 1.165) is 5.56 Å². The van der Waals surface area contributed by atoms with Gasteiger partial charge in [0.25, 0.3) is 0 Å². The Hall–Kier alpha value is -1.59. The van der Waals surface area contributed by atoms with E-state index in [4.69, 9.17) is 16.7 Å². The Morgan fingerprint density at radius 1 is 1.50 bits per heavy atom. The predicted molar refractivity (Wildman–Crippen MR) is 68.7 cm³/mol. The van der Waals surface area contributed by atoms with Crippen molar-refractivity contribution >= 4 is 34.8 Å². The Morgan fingerprint density at radius 3 is 3.00 bits per heavy atom. The molecule has 6 heteroatoms. The van der Waals surface area contributed by atoms with E-state index in [0.29, 0.717) is 29.2 Å². The number of amides is 2. The van der Waals surface area contributed by atoms with Gasteiger partial charge in [0, 0.05) is 18.7 Å². The van der Waals surface area contributed by atoms with Gasteiger partial charge in [-0.05, 0) is 24.1 Å². The first-order chi connectivity index (χ1) is 8.60. The first-order valence-corrected chi connectivity index (χ1v) is 6.01. The maximum absolute atomic E-state index is 11.5. The molecular weight excluding hydrogens is 256 g/mol. The Labute approximate surface area is 109 Å². The summed E-state index contributed by atoms with van der Waals surface area (Å²) in [5.74, 6) is -0.284. The van der Waals surface area contributed by atoms with Crippen molar-refractivity contribution in [3.8, 4) is 0 Å². The molecule has 1 aliphatic rings. The monoisotopic (exact) mass is 268 g/mol. The van der Waals surface area contributed by atoms with Crippen LogP contribution in [0.2, 0.25) is 5.02 Å². The molecule has 1 aromatic rings. The fraction of sp³-hybridized carbons (Fsp3) is 0.333. The molecule has 96 valence electrons. The first kappa shape index (κ1) is 12.9. The molecule has 0 radical (unpaired) electrons. The zero-order chi connectivity index (χ0) is 13.1. The highest BCUT2D eigenvalue weighted by molar-refractivity contribution is 6.34. The van der Waals surface area contributed by atoms with E-state index in [2.05, 4.69) is 10.6 Å². The smallest absolute Gasteiger partial charge is 0.228 e. The second-order valence-electron chi connectivity index (χ2n) is 4.09. The van der Waals surface area contributed by atoms with Crippen LogP contribution in [0.3, 0.4) is 0 Å². The van der Waals surface area contributed by atoms with Crippen molar-refractivity contribution in [1.82, 2.24) is 0 Å². The number of aliphatic hydroxyl groups excluding tert-OH is 1. The fourth-order valence-corrected chi connectivity index (χ4v) is 2.01. The van der Waals surface area contributed by atoms with Crippen LogP contribution >= 0.6 is 11.6 Å². The molecule has 1 aliphatic heterocycles. The minimum Gasteiger partial charge on any atom is -0.396 e. The standard InChI is InChI=1S/C12H13ClN2O3/c13-8-6-9-7(5-12(18)14-9)4-10(8)15-11(17)2-1-3-16/h4,6,16H,1-3,5H2,(H,14,18)(H,15,17). The zero-order valence-corrected chi connectivity index (χ0v) is 10.4. The van der Waals surface area contributed by atoms with E-state index in [1.165, 1.54) is 0 Å². The molecular formula is C12H13ClN2O3. The Morgan fingerprint density at radius 2 is 2.28 bits per heavy atom. The van der Waals surface area contributed by atoms with Crippen molar-refractivity contribution in [2.75, 3.05) is 17.2 Å². The van der Waals surface area contributed by atoms with Gasteiger partial charge in [0.05, 0.1) is 17.1 Å². The topological polar surface area (TPSA) is 78.4 Å². The van der Waals surface area contributed by atoms with Gasteiger partial charge in [-0.1, -0.05) is 11.6 Å². The molecule has 1 heterocycles. The number of rotatable bonds is 4. The van der Waals surface area contributed by atoms with E-state index >= 15 is 0 Å². The molecule has 5 nitrogen and oxygen atoms in total. The van der Waals surface area contributed by atoms with Crippen molar-refractivity contribution in [3.63, 3.8) is 0 Å². The highest BCUT2D eigenvalue weighted by Crippen LogP contribution is 2.32. The van der Waals surface area contributed by atoms with E-state index in [-0.39, 0.29) is 24.8 Å². The summed E-state index contributed by atoms with van der Waals surface area (Å²) in [4.78, 5) is 22.7. The minimum absolute atomic E-state index is 0.0240. The molecule has 0 saturated heterocycles. The van der Waals surface area contributed by atoms with Crippen LogP contribution in [0.15, 0.2) is 12.1 Å². The molecule has 3 N–H and O–H groups in total. The summed E-state index contributed by atoms with van der Waals surface area (Å²) in [6.07, 6.45) is 0.946. The van der Waals surface area contributed by atoms with E-state index in [1.807, 2.05) is 0 Å². The lowest BCUT2D eigenvalue weighted by Crippen LogP contribution is -2.12. The molecule has 1 aromatic carbocycles. The minimum atomic E-state index is -0.205. The summed E-state index contributed by atoms with van der Waals surface area (Å²) >= 11 is 6.02. The third-order valence-electron chi connectivity index (χ3n) is 2.65. The number of anilines is 2. The quantitative estimate of drug-likeness (QED) is 0.775. The second kappa shape index (κ2) is 5.37. The average molecular weight is 269 g/mol. The molecule has 0 atom stereocenters. The number of benzene rings is 1. The summed E-state index contributed by atoms with van der Waals surface area (Å²) in [6, 6.07) is 3.33. The second-order valence-corrected chi connectivity index (χ2v) is 4.50. The number of fused-ring (bicyclic) bond motifs is 1. The Kier molecular flexibility index (Phi) is 3.84. The highest BCUT2D eigenvalue weighted by Gasteiger charge is 2.20. The van der Waals surface area contributed by atoms with Gasteiger partial charge in [0.1, 0.15) is 0 Å². The van der Waals surface area contributed by atoms with Crippen molar-refractivity contribution in [3.05, 3.63) is 22.7 Å². The average Bonchev–Trinajstić information content (AvgIpc) is 2.66. The van der Waals surface area contributed by atoms with Gasteiger partial charge in [-0.2, -0.15) is 0 Å². The number of hydrogen-bond donors (Lipinski definition) is 3. The van der Waals surface area contributed by atoms with Crippen LogP contribution in [0.4, 0.5) is 11.4 Å². The summed E-state index contributed by atoms with van der Waals surface area (Å²) in [7, 11) is 0. The third kappa shape index (κ3) is 2.80. The predicted octanol–water partition coefficient (Wildman–Crippen LogP) is 1.55. The molecule has 0 fully saturated rings. The third-order valence-corrected chi connectivity index (χ3v) is 2.97. The Balaban J connectivity index is 2.12. The van der Waals surface area contributed by atoms with Gasteiger partial charge in [-0.15, -0.1) is 0 Å². The van der Waals surface area contributed by atoms with Gasteiger partial charge >= 0.3 is 0 Å².